The molecule has 0 aromatic heterocycles. The van der Waals surface area contributed by atoms with Crippen molar-refractivity contribution in [3.63, 3.8) is 0 Å². The van der Waals surface area contributed by atoms with Crippen molar-refractivity contribution in [1.82, 2.24) is 0 Å². The Labute approximate surface area is 114 Å². The van der Waals surface area contributed by atoms with Crippen LogP contribution in [0.4, 0.5) is 5.69 Å². The molecule has 19 heavy (non-hydrogen) atoms. The third-order valence-corrected chi connectivity index (χ3v) is 2.96. The lowest BCUT2D eigenvalue weighted by Crippen LogP contribution is -2.30. The molecule has 4 heteroatoms. The Kier molecular flexibility index (Phi) is 6.06. The number of anilines is 1. The Hall–Kier alpha value is -1.84. The van der Waals surface area contributed by atoms with Crippen LogP contribution in [0, 0.1) is 6.92 Å². The van der Waals surface area contributed by atoms with E-state index in [2.05, 4.69) is 0 Å². The lowest BCUT2D eigenvalue weighted by molar-refractivity contribution is -0.137. The quantitative estimate of drug-likeness (QED) is 0.769. The van der Waals surface area contributed by atoms with E-state index in [9.17, 15) is 9.59 Å². The number of benzene rings is 1. The molecule has 1 rings (SSSR count). The van der Waals surface area contributed by atoms with Crippen molar-refractivity contribution in [2.75, 3.05) is 11.4 Å². The largest absolute Gasteiger partial charge is 0.481 e. The van der Waals surface area contributed by atoms with E-state index in [-0.39, 0.29) is 12.3 Å². The average molecular weight is 263 g/mol. The van der Waals surface area contributed by atoms with Crippen molar-refractivity contribution in [2.24, 2.45) is 0 Å². The summed E-state index contributed by atoms with van der Waals surface area (Å²) in [4.78, 5) is 24.3. The fourth-order valence-corrected chi connectivity index (χ4v) is 1.99. The van der Waals surface area contributed by atoms with Gasteiger partial charge in [-0.05, 0) is 44.4 Å². The van der Waals surface area contributed by atoms with Gasteiger partial charge in [0.1, 0.15) is 0 Å². The van der Waals surface area contributed by atoms with E-state index in [1.165, 1.54) is 0 Å². The fourth-order valence-electron chi connectivity index (χ4n) is 1.99. The number of carbonyl (C=O) groups is 2. The monoisotopic (exact) mass is 263 g/mol. The van der Waals surface area contributed by atoms with Gasteiger partial charge in [0.25, 0.3) is 0 Å². The van der Waals surface area contributed by atoms with E-state index in [0.717, 1.165) is 11.3 Å². The number of hydrogen-bond donors (Lipinski definition) is 1. The van der Waals surface area contributed by atoms with Gasteiger partial charge in [-0.2, -0.15) is 0 Å². The standard InChI is InChI=1S/C15H21NO3/c1-3-16(13-8-6-7-12(2)11-13)14(17)9-4-5-10-15(18)19/h6-8,11H,3-5,9-10H2,1-2H3,(H,18,19). The molecule has 0 saturated carbocycles. The van der Waals surface area contributed by atoms with Gasteiger partial charge in [-0.25, -0.2) is 0 Å². The molecule has 0 heterocycles. The Balaban J connectivity index is 2.55. The number of aliphatic carboxylic acids is 1. The average Bonchev–Trinajstić information content (AvgIpc) is 2.35. The summed E-state index contributed by atoms with van der Waals surface area (Å²) in [5.74, 6) is -0.753. The number of rotatable bonds is 7. The number of aryl methyl sites for hydroxylation is 1. The van der Waals surface area contributed by atoms with Crippen LogP contribution >= 0.6 is 0 Å². The minimum Gasteiger partial charge on any atom is -0.481 e. The zero-order valence-electron chi connectivity index (χ0n) is 11.6. The highest BCUT2D eigenvalue weighted by Gasteiger charge is 2.13. The molecule has 0 aliphatic heterocycles. The lowest BCUT2D eigenvalue weighted by Gasteiger charge is -2.21. The summed E-state index contributed by atoms with van der Waals surface area (Å²) in [6.45, 7) is 4.56. The van der Waals surface area contributed by atoms with Crippen LogP contribution in [0.2, 0.25) is 0 Å². The van der Waals surface area contributed by atoms with Gasteiger partial charge < -0.3 is 10.0 Å². The zero-order chi connectivity index (χ0) is 14.3. The number of carbonyl (C=O) groups excluding carboxylic acids is 1. The Morgan fingerprint density at radius 2 is 1.89 bits per heavy atom. The van der Waals surface area contributed by atoms with Crippen molar-refractivity contribution in [3.05, 3.63) is 29.8 Å². The first-order chi connectivity index (χ1) is 9.04. The third-order valence-electron chi connectivity index (χ3n) is 2.96. The van der Waals surface area contributed by atoms with Crippen LogP contribution in [0.25, 0.3) is 0 Å². The van der Waals surface area contributed by atoms with Crippen LogP contribution in [0.1, 0.15) is 38.2 Å². The van der Waals surface area contributed by atoms with E-state index in [1.807, 2.05) is 38.1 Å². The molecular formula is C15H21NO3. The molecular weight excluding hydrogens is 242 g/mol. The normalized spacial score (nSPS) is 10.2. The van der Waals surface area contributed by atoms with Crippen LogP contribution in [-0.2, 0) is 9.59 Å². The third kappa shape index (κ3) is 5.12. The summed E-state index contributed by atoms with van der Waals surface area (Å²) >= 11 is 0. The zero-order valence-corrected chi connectivity index (χ0v) is 11.6. The van der Waals surface area contributed by atoms with E-state index in [1.54, 1.807) is 4.90 Å². The molecule has 104 valence electrons. The number of carboxylic acid groups (broad SMARTS) is 1. The Bertz CT molecular complexity index is 443. The first-order valence-electron chi connectivity index (χ1n) is 6.63. The highest BCUT2D eigenvalue weighted by Crippen LogP contribution is 2.17. The number of carboxylic acids is 1. The van der Waals surface area contributed by atoms with Gasteiger partial charge >= 0.3 is 5.97 Å². The highest BCUT2D eigenvalue weighted by molar-refractivity contribution is 5.93. The van der Waals surface area contributed by atoms with E-state index in [0.29, 0.717) is 25.8 Å². The van der Waals surface area contributed by atoms with Gasteiger partial charge in [-0.1, -0.05) is 12.1 Å². The molecule has 0 aliphatic rings. The molecule has 1 amide bonds. The van der Waals surface area contributed by atoms with Crippen LogP contribution in [0.5, 0.6) is 0 Å². The van der Waals surface area contributed by atoms with Crippen LogP contribution < -0.4 is 4.90 Å². The molecule has 1 N–H and O–H groups in total. The van der Waals surface area contributed by atoms with Crippen molar-refractivity contribution in [3.8, 4) is 0 Å². The second-order valence-electron chi connectivity index (χ2n) is 4.58. The molecule has 0 atom stereocenters. The van der Waals surface area contributed by atoms with Gasteiger partial charge in [0.15, 0.2) is 0 Å². The molecule has 0 saturated heterocycles. The SMILES string of the molecule is CCN(C(=O)CCCCC(=O)O)c1cccc(C)c1. The van der Waals surface area contributed by atoms with Gasteiger partial charge in [0.05, 0.1) is 0 Å². The van der Waals surface area contributed by atoms with Crippen molar-refractivity contribution in [2.45, 2.75) is 39.5 Å². The van der Waals surface area contributed by atoms with Crippen molar-refractivity contribution < 1.29 is 14.7 Å². The molecule has 0 aliphatic carbocycles. The molecule has 0 fully saturated rings. The number of unbranched alkanes of at least 4 members (excludes halogenated alkanes) is 1. The fraction of sp³-hybridized carbons (Fsp3) is 0.467. The lowest BCUT2D eigenvalue weighted by atomic mass is 10.1. The molecule has 4 nitrogen and oxygen atoms in total. The summed E-state index contributed by atoms with van der Waals surface area (Å²) < 4.78 is 0. The molecule has 1 aromatic rings. The van der Waals surface area contributed by atoms with Crippen LogP contribution in [0.15, 0.2) is 24.3 Å². The minimum atomic E-state index is -0.807. The first kappa shape index (κ1) is 15.2. The van der Waals surface area contributed by atoms with Gasteiger partial charge in [-0.15, -0.1) is 0 Å². The number of amides is 1. The van der Waals surface area contributed by atoms with Crippen molar-refractivity contribution in [1.29, 1.82) is 0 Å². The van der Waals surface area contributed by atoms with Gasteiger partial charge in [0, 0.05) is 25.1 Å². The number of nitrogens with zero attached hydrogens (tertiary/aromatic N) is 1. The maximum atomic E-state index is 12.1. The summed E-state index contributed by atoms with van der Waals surface area (Å²) in [5, 5.41) is 8.55. The summed E-state index contributed by atoms with van der Waals surface area (Å²) in [5.41, 5.74) is 2.03. The second-order valence-corrected chi connectivity index (χ2v) is 4.58. The van der Waals surface area contributed by atoms with Gasteiger partial charge in [-0.3, -0.25) is 9.59 Å². The smallest absolute Gasteiger partial charge is 0.303 e. The molecule has 0 spiro atoms. The molecule has 0 radical (unpaired) electrons. The second kappa shape index (κ2) is 7.56. The van der Waals surface area contributed by atoms with E-state index in [4.69, 9.17) is 5.11 Å². The predicted octanol–water partition coefficient (Wildman–Crippen LogP) is 2.99. The first-order valence-corrected chi connectivity index (χ1v) is 6.63. The van der Waals surface area contributed by atoms with Crippen LogP contribution in [-0.4, -0.2) is 23.5 Å². The summed E-state index contributed by atoms with van der Waals surface area (Å²) in [6.07, 6.45) is 1.69. The topological polar surface area (TPSA) is 57.6 Å². The van der Waals surface area contributed by atoms with Gasteiger partial charge in [0.2, 0.25) is 5.91 Å². The molecule has 1 aromatic carbocycles. The van der Waals surface area contributed by atoms with Crippen molar-refractivity contribution >= 4 is 17.6 Å². The molecule has 0 unspecified atom stereocenters. The predicted molar refractivity (Wildman–Crippen MR) is 75.3 cm³/mol. The summed E-state index contributed by atoms with van der Waals surface area (Å²) in [7, 11) is 0. The van der Waals surface area contributed by atoms with Crippen LogP contribution in [0.3, 0.4) is 0 Å². The Morgan fingerprint density at radius 1 is 1.21 bits per heavy atom. The minimum absolute atomic E-state index is 0.0542. The van der Waals surface area contributed by atoms with E-state index < -0.39 is 5.97 Å². The maximum Gasteiger partial charge on any atom is 0.303 e. The molecule has 0 bridgehead atoms. The highest BCUT2D eigenvalue weighted by atomic mass is 16.4. The summed E-state index contributed by atoms with van der Waals surface area (Å²) in [6, 6.07) is 7.84. The number of hydrogen-bond acceptors (Lipinski definition) is 2. The Morgan fingerprint density at radius 3 is 2.47 bits per heavy atom. The maximum absolute atomic E-state index is 12.1. The van der Waals surface area contributed by atoms with E-state index >= 15 is 0 Å².